The fourth-order valence-corrected chi connectivity index (χ4v) is 2.47. The molecule has 0 saturated heterocycles. The van der Waals surface area contributed by atoms with Gasteiger partial charge in [0.1, 0.15) is 11.6 Å². The molecule has 1 N–H and O–H groups in total. The van der Waals surface area contributed by atoms with Crippen LogP contribution >= 0.6 is 0 Å². The van der Waals surface area contributed by atoms with Gasteiger partial charge in [-0.2, -0.15) is 0 Å². The Morgan fingerprint density at radius 1 is 1.33 bits per heavy atom. The zero-order valence-corrected chi connectivity index (χ0v) is 13.0. The van der Waals surface area contributed by atoms with Crippen molar-refractivity contribution in [1.82, 2.24) is 14.9 Å². The summed E-state index contributed by atoms with van der Waals surface area (Å²) in [4.78, 5) is 4.36. The Morgan fingerprint density at radius 3 is 2.76 bits per heavy atom. The quantitative estimate of drug-likeness (QED) is 0.848. The highest BCUT2D eigenvalue weighted by atomic mass is 19.1. The van der Waals surface area contributed by atoms with E-state index in [4.69, 9.17) is 0 Å². The molecule has 0 aliphatic rings. The number of halogens is 1. The van der Waals surface area contributed by atoms with E-state index in [1.165, 1.54) is 6.07 Å². The van der Waals surface area contributed by atoms with E-state index in [2.05, 4.69) is 24.1 Å². The SMILES string of the molecule is CC(C)NCC(CCc1nccn1C)c1cccc(F)c1. The van der Waals surface area contributed by atoms with Crippen LogP contribution in [0.15, 0.2) is 36.7 Å². The molecule has 114 valence electrons. The van der Waals surface area contributed by atoms with Crippen LogP contribution in [0.2, 0.25) is 0 Å². The smallest absolute Gasteiger partial charge is 0.123 e. The average Bonchev–Trinajstić information content (AvgIpc) is 2.84. The molecule has 0 aliphatic carbocycles. The summed E-state index contributed by atoms with van der Waals surface area (Å²) in [5.41, 5.74) is 1.05. The predicted molar refractivity (Wildman–Crippen MR) is 83.8 cm³/mol. The van der Waals surface area contributed by atoms with E-state index in [0.717, 1.165) is 30.8 Å². The Kier molecular flexibility index (Phi) is 5.51. The van der Waals surface area contributed by atoms with Crippen LogP contribution in [0.25, 0.3) is 0 Å². The molecule has 1 unspecified atom stereocenters. The zero-order valence-electron chi connectivity index (χ0n) is 13.0. The van der Waals surface area contributed by atoms with Gasteiger partial charge in [-0.25, -0.2) is 9.37 Å². The summed E-state index contributed by atoms with van der Waals surface area (Å²) in [6.07, 6.45) is 5.62. The normalized spacial score (nSPS) is 12.8. The lowest BCUT2D eigenvalue weighted by atomic mass is 9.93. The van der Waals surface area contributed by atoms with E-state index in [1.807, 2.05) is 30.1 Å². The fraction of sp³-hybridized carbons (Fsp3) is 0.471. The summed E-state index contributed by atoms with van der Waals surface area (Å²) in [5, 5.41) is 3.46. The molecule has 1 aromatic carbocycles. The van der Waals surface area contributed by atoms with Crippen molar-refractivity contribution < 1.29 is 4.39 Å². The lowest BCUT2D eigenvalue weighted by molar-refractivity contribution is 0.500. The molecule has 1 aromatic heterocycles. The van der Waals surface area contributed by atoms with Gasteiger partial charge in [-0.05, 0) is 30.0 Å². The predicted octanol–water partition coefficient (Wildman–Crippen LogP) is 3.27. The number of imidazole rings is 1. The lowest BCUT2D eigenvalue weighted by Crippen LogP contribution is -2.28. The highest BCUT2D eigenvalue weighted by molar-refractivity contribution is 5.21. The van der Waals surface area contributed by atoms with E-state index >= 15 is 0 Å². The number of aryl methyl sites for hydroxylation is 2. The van der Waals surface area contributed by atoms with Crippen molar-refractivity contribution in [2.75, 3.05) is 6.54 Å². The largest absolute Gasteiger partial charge is 0.338 e. The monoisotopic (exact) mass is 289 g/mol. The van der Waals surface area contributed by atoms with Crippen LogP contribution in [0.1, 0.15) is 37.6 Å². The Labute approximate surface area is 126 Å². The molecule has 2 aromatic rings. The molecule has 0 radical (unpaired) electrons. The highest BCUT2D eigenvalue weighted by Gasteiger charge is 2.14. The van der Waals surface area contributed by atoms with Gasteiger partial charge in [-0.3, -0.25) is 0 Å². The Balaban J connectivity index is 2.06. The lowest BCUT2D eigenvalue weighted by Gasteiger charge is -2.20. The average molecular weight is 289 g/mol. The van der Waals surface area contributed by atoms with E-state index in [-0.39, 0.29) is 5.82 Å². The molecular weight excluding hydrogens is 265 g/mol. The minimum absolute atomic E-state index is 0.168. The molecule has 2 rings (SSSR count). The van der Waals surface area contributed by atoms with Gasteiger partial charge in [0, 0.05) is 38.4 Å². The first-order valence-corrected chi connectivity index (χ1v) is 7.51. The fourth-order valence-electron chi connectivity index (χ4n) is 2.47. The van der Waals surface area contributed by atoms with Crippen LogP contribution in [-0.2, 0) is 13.5 Å². The molecule has 0 aliphatic heterocycles. The van der Waals surface area contributed by atoms with Crippen LogP contribution in [0, 0.1) is 5.82 Å². The maximum Gasteiger partial charge on any atom is 0.123 e. The van der Waals surface area contributed by atoms with Crippen molar-refractivity contribution in [1.29, 1.82) is 0 Å². The van der Waals surface area contributed by atoms with E-state index in [9.17, 15) is 4.39 Å². The number of aromatic nitrogens is 2. The number of nitrogens with one attached hydrogen (secondary N) is 1. The first kappa shape index (κ1) is 15.7. The second-order valence-electron chi connectivity index (χ2n) is 5.81. The maximum atomic E-state index is 13.5. The molecule has 3 nitrogen and oxygen atoms in total. The summed E-state index contributed by atoms with van der Waals surface area (Å²) in [6.45, 7) is 5.11. The van der Waals surface area contributed by atoms with Crippen molar-refractivity contribution in [3.05, 3.63) is 53.9 Å². The number of hydrogen-bond donors (Lipinski definition) is 1. The van der Waals surface area contributed by atoms with E-state index < -0.39 is 0 Å². The molecule has 0 saturated carbocycles. The molecule has 0 fully saturated rings. The molecular formula is C17H24FN3. The van der Waals surface area contributed by atoms with Crippen molar-refractivity contribution in [3.63, 3.8) is 0 Å². The van der Waals surface area contributed by atoms with Gasteiger partial charge in [-0.15, -0.1) is 0 Å². The summed E-state index contributed by atoms with van der Waals surface area (Å²) in [5.74, 6) is 1.19. The minimum Gasteiger partial charge on any atom is -0.338 e. The summed E-state index contributed by atoms with van der Waals surface area (Å²) in [7, 11) is 2.01. The minimum atomic E-state index is -0.168. The third-order valence-electron chi connectivity index (χ3n) is 3.73. The molecule has 1 atom stereocenters. The first-order chi connectivity index (χ1) is 10.1. The van der Waals surface area contributed by atoms with Gasteiger partial charge in [0.15, 0.2) is 0 Å². The van der Waals surface area contributed by atoms with Crippen LogP contribution in [-0.4, -0.2) is 22.1 Å². The Bertz CT molecular complexity index is 563. The number of nitrogens with zero attached hydrogens (tertiary/aromatic N) is 2. The Hall–Kier alpha value is -1.68. The van der Waals surface area contributed by atoms with Crippen LogP contribution in [0.4, 0.5) is 4.39 Å². The second kappa shape index (κ2) is 7.36. The van der Waals surface area contributed by atoms with Crippen molar-refractivity contribution in [2.24, 2.45) is 7.05 Å². The van der Waals surface area contributed by atoms with Gasteiger partial charge in [0.25, 0.3) is 0 Å². The third kappa shape index (κ3) is 4.67. The van der Waals surface area contributed by atoms with Gasteiger partial charge >= 0.3 is 0 Å². The van der Waals surface area contributed by atoms with E-state index in [0.29, 0.717) is 12.0 Å². The number of rotatable bonds is 7. The van der Waals surface area contributed by atoms with Crippen LogP contribution in [0.3, 0.4) is 0 Å². The van der Waals surface area contributed by atoms with Crippen LogP contribution in [0.5, 0.6) is 0 Å². The molecule has 0 amide bonds. The number of benzene rings is 1. The molecule has 4 heteroatoms. The third-order valence-corrected chi connectivity index (χ3v) is 3.73. The van der Waals surface area contributed by atoms with Gasteiger partial charge < -0.3 is 9.88 Å². The van der Waals surface area contributed by atoms with Gasteiger partial charge in [0.05, 0.1) is 0 Å². The molecule has 0 spiro atoms. The molecule has 0 bridgehead atoms. The maximum absolute atomic E-state index is 13.5. The summed E-state index contributed by atoms with van der Waals surface area (Å²) >= 11 is 0. The first-order valence-electron chi connectivity index (χ1n) is 7.51. The summed E-state index contributed by atoms with van der Waals surface area (Å²) < 4.78 is 15.5. The van der Waals surface area contributed by atoms with Crippen LogP contribution < -0.4 is 5.32 Å². The highest BCUT2D eigenvalue weighted by Crippen LogP contribution is 2.22. The zero-order chi connectivity index (χ0) is 15.2. The molecule has 1 heterocycles. The van der Waals surface area contributed by atoms with Crippen molar-refractivity contribution in [2.45, 2.75) is 38.6 Å². The Morgan fingerprint density at radius 2 is 2.14 bits per heavy atom. The topological polar surface area (TPSA) is 29.9 Å². The van der Waals surface area contributed by atoms with Crippen molar-refractivity contribution in [3.8, 4) is 0 Å². The standard InChI is InChI=1S/C17H24FN3/c1-13(2)20-12-15(14-5-4-6-16(18)11-14)7-8-17-19-9-10-21(17)3/h4-6,9-11,13,15,20H,7-8,12H2,1-3H3. The second-order valence-corrected chi connectivity index (χ2v) is 5.81. The summed E-state index contributed by atoms with van der Waals surface area (Å²) in [6, 6.07) is 7.36. The van der Waals surface area contributed by atoms with Gasteiger partial charge in [0.2, 0.25) is 0 Å². The number of hydrogen-bond acceptors (Lipinski definition) is 2. The van der Waals surface area contributed by atoms with Crippen molar-refractivity contribution >= 4 is 0 Å². The molecule has 21 heavy (non-hydrogen) atoms. The van der Waals surface area contributed by atoms with E-state index in [1.54, 1.807) is 12.1 Å². The van der Waals surface area contributed by atoms with Gasteiger partial charge in [-0.1, -0.05) is 26.0 Å².